The van der Waals surface area contributed by atoms with Gasteiger partial charge in [-0.05, 0) is 12.5 Å². The molecule has 4 heteroatoms. The molecule has 98 valence electrons. The summed E-state index contributed by atoms with van der Waals surface area (Å²) in [5, 5.41) is 0. The second kappa shape index (κ2) is 5.67. The second-order valence-corrected chi connectivity index (χ2v) is 4.68. The Kier molecular flexibility index (Phi) is 4.48. The van der Waals surface area contributed by atoms with Crippen molar-refractivity contribution in [1.82, 2.24) is 0 Å². The van der Waals surface area contributed by atoms with Gasteiger partial charge in [0.2, 0.25) is 5.91 Å². The van der Waals surface area contributed by atoms with E-state index in [2.05, 4.69) is 0 Å². The second-order valence-electron chi connectivity index (χ2n) is 4.68. The Hall–Kier alpha value is -1.84. The van der Waals surface area contributed by atoms with Gasteiger partial charge < -0.3 is 10.5 Å². The Morgan fingerprint density at radius 1 is 1.28 bits per heavy atom. The van der Waals surface area contributed by atoms with Crippen LogP contribution >= 0.6 is 0 Å². The Morgan fingerprint density at radius 2 is 1.83 bits per heavy atom. The van der Waals surface area contributed by atoms with Crippen LogP contribution in [0.15, 0.2) is 30.3 Å². The molecule has 1 rings (SSSR count). The molecule has 0 heterocycles. The van der Waals surface area contributed by atoms with Gasteiger partial charge in [-0.25, -0.2) is 0 Å². The fourth-order valence-corrected chi connectivity index (χ4v) is 2.03. The smallest absolute Gasteiger partial charge is 0.319 e. The third-order valence-electron chi connectivity index (χ3n) is 3.05. The van der Waals surface area contributed by atoms with Gasteiger partial charge in [0.25, 0.3) is 0 Å². The molecule has 0 aliphatic rings. The Bertz CT molecular complexity index is 426. The summed E-state index contributed by atoms with van der Waals surface area (Å²) >= 11 is 0. The van der Waals surface area contributed by atoms with Gasteiger partial charge in [-0.15, -0.1) is 0 Å². The van der Waals surface area contributed by atoms with Crippen LogP contribution < -0.4 is 5.73 Å². The monoisotopic (exact) mass is 249 g/mol. The predicted octanol–water partition coefficient (Wildman–Crippen LogP) is 1.63. The summed E-state index contributed by atoms with van der Waals surface area (Å²) in [6, 6.07) is 9.34. The summed E-state index contributed by atoms with van der Waals surface area (Å²) in [7, 11) is 0. The maximum atomic E-state index is 11.9. The topological polar surface area (TPSA) is 69.4 Å². The zero-order valence-corrected chi connectivity index (χ0v) is 11.0. The molecule has 0 saturated carbocycles. The molecule has 1 atom stereocenters. The van der Waals surface area contributed by atoms with Gasteiger partial charge in [0.15, 0.2) is 0 Å². The number of benzene rings is 1. The van der Waals surface area contributed by atoms with Crippen molar-refractivity contribution >= 4 is 11.9 Å². The number of nitrogens with two attached hydrogens (primary N) is 1. The lowest BCUT2D eigenvalue weighted by Crippen LogP contribution is -2.44. The van der Waals surface area contributed by atoms with Crippen LogP contribution in [0.5, 0.6) is 0 Å². The van der Waals surface area contributed by atoms with Crippen molar-refractivity contribution < 1.29 is 14.3 Å². The van der Waals surface area contributed by atoms with Crippen LogP contribution in [0.4, 0.5) is 0 Å². The highest BCUT2D eigenvalue weighted by atomic mass is 16.5. The van der Waals surface area contributed by atoms with Crippen molar-refractivity contribution in [3.63, 3.8) is 0 Å². The number of ether oxygens (including phenoxy) is 1. The minimum absolute atomic E-state index is 0.230. The van der Waals surface area contributed by atoms with Crippen LogP contribution in [0.1, 0.15) is 26.3 Å². The third-order valence-corrected chi connectivity index (χ3v) is 3.05. The van der Waals surface area contributed by atoms with Gasteiger partial charge in [0.05, 0.1) is 6.61 Å². The van der Waals surface area contributed by atoms with Crippen molar-refractivity contribution in [2.24, 2.45) is 11.7 Å². The molecule has 0 saturated heterocycles. The maximum Gasteiger partial charge on any atom is 0.319 e. The van der Waals surface area contributed by atoms with Crippen LogP contribution in [0.25, 0.3) is 0 Å². The summed E-state index contributed by atoms with van der Waals surface area (Å²) in [5.74, 6) is -2.22. The minimum atomic E-state index is -0.986. The summed E-state index contributed by atoms with van der Waals surface area (Å²) in [6.07, 6.45) is 0. The van der Waals surface area contributed by atoms with Crippen molar-refractivity contribution in [2.45, 2.75) is 26.2 Å². The summed E-state index contributed by atoms with van der Waals surface area (Å²) in [4.78, 5) is 23.4. The molecule has 0 aliphatic carbocycles. The van der Waals surface area contributed by atoms with E-state index in [0.717, 1.165) is 5.56 Å². The number of amides is 1. The highest BCUT2D eigenvalue weighted by molar-refractivity contribution is 5.98. The van der Waals surface area contributed by atoms with Gasteiger partial charge in [0, 0.05) is 5.41 Å². The Labute approximate surface area is 107 Å². The molecule has 18 heavy (non-hydrogen) atoms. The number of rotatable bonds is 5. The standard InChI is InChI=1S/C14H19NO3/c1-4-18-13(17)11(12(15)16)14(2,3)10-8-6-5-7-9-10/h5-9,11H,4H2,1-3H3,(H2,15,16). The van der Waals surface area contributed by atoms with Gasteiger partial charge >= 0.3 is 5.97 Å². The van der Waals surface area contributed by atoms with Crippen molar-refractivity contribution in [2.75, 3.05) is 6.61 Å². The number of carbonyl (C=O) groups excluding carboxylic acids is 2. The van der Waals surface area contributed by atoms with E-state index in [0.29, 0.717) is 0 Å². The fraction of sp³-hybridized carbons (Fsp3) is 0.429. The van der Waals surface area contributed by atoms with E-state index in [-0.39, 0.29) is 6.61 Å². The molecule has 1 aromatic rings. The molecule has 1 aromatic carbocycles. The molecule has 0 fully saturated rings. The first kappa shape index (κ1) is 14.2. The third kappa shape index (κ3) is 2.88. The van der Waals surface area contributed by atoms with Gasteiger partial charge in [0.1, 0.15) is 5.92 Å². The lowest BCUT2D eigenvalue weighted by molar-refractivity contribution is -0.154. The van der Waals surface area contributed by atoms with Crippen LogP contribution in [0.3, 0.4) is 0 Å². The van der Waals surface area contributed by atoms with Crippen molar-refractivity contribution in [3.05, 3.63) is 35.9 Å². The first-order chi connectivity index (χ1) is 8.41. The lowest BCUT2D eigenvalue weighted by atomic mass is 9.73. The zero-order chi connectivity index (χ0) is 13.8. The summed E-state index contributed by atoms with van der Waals surface area (Å²) in [6.45, 7) is 5.56. The number of esters is 1. The average molecular weight is 249 g/mol. The highest BCUT2D eigenvalue weighted by Crippen LogP contribution is 2.32. The molecule has 0 spiro atoms. The van der Waals surface area contributed by atoms with E-state index >= 15 is 0 Å². The molecule has 0 bridgehead atoms. The Morgan fingerprint density at radius 3 is 2.28 bits per heavy atom. The minimum Gasteiger partial charge on any atom is -0.465 e. The highest BCUT2D eigenvalue weighted by Gasteiger charge is 2.41. The van der Waals surface area contributed by atoms with Crippen molar-refractivity contribution in [3.8, 4) is 0 Å². The van der Waals surface area contributed by atoms with Crippen LogP contribution in [0.2, 0.25) is 0 Å². The van der Waals surface area contributed by atoms with Crippen molar-refractivity contribution in [1.29, 1.82) is 0 Å². The Balaban J connectivity index is 3.12. The van der Waals surface area contributed by atoms with Gasteiger partial charge in [-0.1, -0.05) is 44.2 Å². The normalized spacial score (nSPS) is 12.8. The van der Waals surface area contributed by atoms with Gasteiger partial charge in [-0.3, -0.25) is 9.59 Å². The van der Waals surface area contributed by atoms with Crippen LogP contribution in [-0.2, 0) is 19.7 Å². The molecule has 1 amide bonds. The van der Waals surface area contributed by atoms with E-state index in [1.54, 1.807) is 6.92 Å². The SMILES string of the molecule is CCOC(=O)C(C(N)=O)C(C)(C)c1ccccc1. The molecule has 0 aliphatic heterocycles. The number of hydrogen-bond donors (Lipinski definition) is 1. The lowest BCUT2D eigenvalue weighted by Gasteiger charge is -2.31. The largest absolute Gasteiger partial charge is 0.465 e. The summed E-state index contributed by atoms with van der Waals surface area (Å²) in [5.41, 5.74) is 5.53. The number of hydrogen-bond acceptors (Lipinski definition) is 3. The van der Waals surface area contributed by atoms with Crippen LogP contribution in [-0.4, -0.2) is 18.5 Å². The van der Waals surface area contributed by atoms with Crippen LogP contribution in [0, 0.1) is 5.92 Å². The quantitative estimate of drug-likeness (QED) is 0.637. The fourth-order valence-electron chi connectivity index (χ4n) is 2.03. The molecule has 0 radical (unpaired) electrons. The van der Waals surface area contributed by atoms with E-state index in [1.165, 1.54) is 0 Å². The molecular formula is C14H19NO3. The molecular weight excluding hydrogens is 230 g/mol. The molecule has 2 N–H and O–H groups in total. The zero-order valence-electron chi connectivity index (χ0n) is 11.0. The molecule has 4 nitrogen and oxygen atoms in total. The van der Waals surface area contributed by atoms with E-state index in [4.69, 9.17) is 10.5 Å². The summed E-state index contributed by atoms with van der Waals surface area (Å²) < 4.78 is 4.93. The van der Waals surface area contributed by atoms with E-state index in [1.807, 2.05) is 44.2 Å². The first-order valence-electron chi connectivity index (χ1n) is 5.92. The number of carbonyl (C=O) groups is 2. The molecule has 0 aromatic heterocycles. The predicted molar refractivity (Wildman–Crippen MR) is 68.8 cm³/mol. The van der Waals surface area contributed by atoms with Gasteiger partial charge in [-0.2, -0.15) is 0 Å². The maximum absolute atomic E-state index is 11.9. The van der Waals surface area contributed by atoms with E-state index in [9.17, 15) is 9.59 Å². The number of primary amides is 1. The average Bonchev–Trinajstić information content (AvgIpc) is 2.29. The first-order valence-corrected chi connectivity index (χ1v) is 5.92. The molecule has 1 unspecified atom stereocenters. The van der Waals surface area contributed by atoms with E-state index < -0.39 is 23.2 Å².